The zero-order chi connectivity index (χ0) is 19.6. The summed E-state index contributed by atoms with van der Waals surface area (Å²) in [5.41, 5.74) is -1.54. The van der Waals surface area contributed by atoms with Gasteiger partial charge in [0.1, 0.15) is 18.0 Å². The van der Waals surface area contributed by atoms with Gasteiger partial charge in [0.05, 0.1) is 11.8 Å². The zero-order valence-electron chi connectivity index (χ0n) is 16.5. The van der Waals surface area contributed by atoms with Gasteiger partial charge in [-0.15, -0.1) is 0 Å². The Labute approximate surface area is 155 Å². The summed E-state index contributed by atoms with van der Waals surface area (Å²) in [6, 6.07) is 3.56. The second kappa shape index (κ2) is 10.0. The molecule has 0 spiro atoms. The molecule has 146 valence electrons. The van der Waals surface area contributed by atoms with Crippen molar-refractivity contribution in [1.82, 2.24) is 5.32 Å². The van der Waals surface area contributed by atoms with Gasteiger partial charge in [0.25, 0.3) is 0 Å². The van der Waals surface area contributed by atoms with Crippen LogP contribution in [0.4, 0.5) is 4.79 Å². The number of carbonyl (C=O) groups is 2. The van der Waals surface area contributed by atoms with Crippen LogP contribution in [-0.4, -0.2) is 29.8 Å². The number of unbranched alkanes of at least 4 members (excludes halogenated alkanes) is 2. The van der Waals surface area contributed by atoms with Crippen molar-refractivity contribution in [2.75, 3.05) is 6.61 Å². The maximum atomic E-state index is 12.2. The van der Waals surface area contributed by atoms with Gasteiger partial charge in [0.2, 0.25) is 0 Å². The highest BCUT2D eigenvalue weighted by molar-refractivity contribution is 5.71. The molecule has 6 nitrogen and oxygen atoms in total. The molecule has 0 aliphatic carbocycles. The van der Waals surface area contributed by atoms with Crippen LogP contribution in [0.25, 0.3) is 6.08 Å². The van der Waals surface area contributed by atoms with E-state index in [1.54, 1.807) is 58.2 Å². The van der Waals surface area contributed by atoms with Crippen molar-refractivity contribution >= 4 is 18.1 Å². The van der Waals surface area contributed by atoms with Crippen molar-refractivity contribution in [3.05, 3.63) is 30.2 Å². The Kier molecular flexibility index (Phi) is 8.42. The summed E-state index contributed by atoms with van der Waals surface area (Å²) in [5, 5.41) is 2.77. The second-order valence-electron chi connectivity index (χ2n) is 7.51. The van der Waals surface area contributed by atoms with Crippen molar-refractivity contribution < 1.29 is 23.5 Å². The van der Waals surface area contributed by atoms with Crippen LogP contribution < -0.4 is 5.32 Å². The maximum Gasteiger partial charge on any atom is 0.408 e. The van der Waals surface area contributed by atoms with Crippen LogP contribution in [0.15, 0.2) is 28.9 Å². The van der Waals surface area contributed by atoms with Crippen LogP contribution in [0.3, 0.4) is 0 Å². The molecule has 0 saturated heterocycles. The molecule has 0 unspecified atom stereocenters. The normalized spacial score (nSPS) is 14.0. The van der Waals surface area contributed by atoms with E-state index < -0.39 is 17.2 Å². The van der Waals surface area contributed by atoms with E-state index in [4.69, 9.17) is 13.9 Å². The summed E-state index contributed by atoms with van der Waals surface area (Å²) in [6.07, 6.45) is 7.64. The Balaban J connectivity index is 2.73. The van der Waals surface area contributed by atoms with Gasteiger partial charge in [0, 0.05) is 6.42 Å². The third-order valence-electron chi connectivity index (χ3n) is 3.46. The van der Waals surface area contributed by atoms with Crippen LogP contribution >= 0.6 is 0 Å². The van der Waals surface area contributed by atoms with Gasteiger partial charge in [0.15, 0.2) is 0 Å². The number of carbonyl (C=O) groups excluding carboxylic acids is 2. The molecule has 1 aromatic rings. The molecule has 26 heavy (non-hydrogen) atoms. The van der Waals surface area contributed by atoms with Crippen molar-refractivity contribution in [1.29, 1.82) is 0 Å². The minimum absolute atomic E-state index is 0.00834. The number of nitrogens with one attached hydrogen (secondary N) is 1. The molecule has 0 aromatic carbocycles. The number of amides is 1. The highest BCUT2D eigenvalue weighted by Gasteiger charge is 2.28. The number of esters is 1. The maximum absolute atomic E-state index is 12.2. The number of furan rings is 1. The molecule has 0 fully saturated rings. The smallest absolute Gasteiger partial charge is 0.408 e. The molecule has 1 atom stereocenters. The molecule has 6 heteroatoms. The van der Waals surface area contributed by atoms with Crippen LogP contribution in [0.1, 0.15) is 66.1 Å². The summed E-state index contributed by atoms with van der Waals surface area (Å²) in [5.74, 6) is 0.360. The summed E-state index contributed by atoms with van der Waals surface area (Å²) >= 11 is 0. The molecule has 1 rings (SSSR count). The topological polar surface area (TPSA) is 77.8 Å². The third kappa shape index (κ3) is 9.30. The second-order valence-corrected chi connectivity index (χ2v) is 7.51. The van der Waals surface area contributed by atoms with Crippen molar-refractivity contribution in [2.24, 2.45) is 0 Å². The van der Waals surface area contributed by atoms with Gasteiger partial charge in [-0.05, 0) is 52.3 Å². The first-order valence-corrected chi connectivity index (χ1v) is 9.03. The number of hydrogen-bond donors (Lipinski definition) is 1. The SMILES string of the molecule is CCCCCC(=O)OC[C@@](C)(/C=C/c1ccco1)NC(=O)OC(C)(C)C. The van der Waals surface area contributed by atoms with E-state index in [2.05, 4.69) is 12.2 Å². The Hall–Kier alpha value is -2.24. The zero-order valence-corrected chi connectivity index (χ0v) is 16.5. The third-order valence-corrected chi connectivity index (χ3v) is 3.46. The van der Waals surface area contributed by atoms with E-state index in [0.717, 1.165) is 19.3 Å². The Morgan fingerprint density at radius 1 is 1.23 bits per heavy atom. The predicted octanol–water partition coefficient (Wildman–Crippen LogP) is 4.70. The van der Waals surface area contributed by atoms with Crippen molar-refractivity contribution in [2.45, 2.75) is 71.4 Å². The first-order valence-electron chi connectivity index (χ1n) is 9.03. The monoisotopic (exact) mass is 365 g/mol. The standard InChI is InChI=1S/C20H31NO5/c1-6-7-8-11-17(22)25-15-20(5,13-12-16-10-9-14-24-16)21-18(23)26-19(2,3)4/h9-10,12-14H,6-8,11,15H2,1-5H3,(H,21,23)/b13-12+/t20-/m1/s1. The van der Waals surface area contributed by atoms with Crippen molar-refractivity contribution in [3.63, 3.8) is 0 Å². The Morgan fingerprint density at radius 3 is 2.54 bits per heavy atom. The molecule has 1 heterocycles. The van der Waals surface area contributed by atoms with Crippen LogP contribution in [0.2, 0.25) is 0 Å². The van der Waals surface area contributed by atoms with E-state index in [-0.39, 0.29) is 12.6 Å². The molecule has 0 saturated carbocycles. The number of hydrogen-bond acceptors (Lipinski definition) is 5. The van der Waals surface area contributed by atoms with Crippen LogP contribution in [0.5, 0.6) is 0 Å². The van der Waals surface area contributed by atoms with Crippen molar-refractivity contribution in [3.8, 4) is 0 Å². The van der Waals surface area contributed by atoms with Crippen LogP contribution in [0, 0.1) is 0 Å². The number of alkyl carbamates (subject to hydrolysis) is 1. The van der Waals surface area contributed by atoms with Gasteiger partial charge in [-0.25, -0.2) is 4.79 Å². The predicted molar refractivity (Wildman–Crippen MR) is 101 cm³/mol. The summed E-state index contributed by atoms with van der Waals surface area (Å²) in [7, 11) is 0. The van der Waals surface area contributed by atoms with Gasteiger partial charge in [-0.1, -0.05) is 25.8 Å². The molecule has 0 bridgehead atoms. The van der Waals surface area contributed by atoms with Gasteiger partial charge in [-0.2, -0.15) is 0 Å². The number of ether oxygens (including phenoxy) is 2. The van der Waals surface area contributed by atoms with E-state index in [9.17, 15) is 9.59 Å². The molecule has 1 N–H and O–H groups in total. The largest absolute Gasteiger partial charge is 0.465 e. The van der Waals surface area contributed by atoms with E-state index >= 15 is 0 Å². The molecule has 0 aliphatic heterocycles. The molecular weight excluding hydrogens is 334 g/mol. The summed E-state index contributed by atoms with van der Waals surface area (Å²) < 4.78 is 15.9. The van der Waals surface area contributed by atoms with Gasteiger partial charge >= 0.3 is 12.1 Å². The first kappa shape index (κ1) is 21.8. The lowest BCUT2D eigenvalue weighted by atomic mass is 10.0. The Morgan fingerprint density at radius 2 is 1.96 bits per heavy atom. The first-order chi connectivity index (χ1) is 12.1. The van der Waals surface area contributed by atoms with Gasteiger partial charge in [-0.3, -0.25) is 4.79 Å². The quantitative estimate of drug-likeness (QED) is 0.507. The number of rotatable bonds is 9. The molecular formula is C20H31NO5. The minimum atomic E-state index is -0.921. The molecule has 0 aliphatic rings. The highest BCUT2D eigenvalue weighted by atomic mass is 16.6. The van der Waals surface area contributed by atoms with E-state index in [1.165, 1.54) is 0 Å². The lowest BCUT2D eigenvalue weighted by molar-refractivity contribution is -0.145. The average molecular weight is 365 g/mol. The minimum Gasteiger partial charge on any atom is -0.465 e. The molecule has 1 amide bonds. The highest BCUT2D eigenvalue weighted by Crippen LogP contribution is 2.15. The van der Waals surface area contributed by atoms with E-state index in [0.29, 0.717) is 12.2 Å². The molecule has 0 radical (unpaired) electrons. The molecule has 1 aromatic heterocycles. The lowest BCUT2D eigenvalue weighted by Crippen LogP contribution is -2.50. The van der Waals surface area contributed by atoms with Gasteiger partial charge < -0.3 is 19.2 Å². The lowest BCUT2D eigenvalue weighted by Gasteiger charge is -2.29. The fourth-order valence-corrected chi connectivity index (χ4v) is 2.14. The fourth-order valence-electron chi connectivity index (χ4n) is 2.14. The summed E-state index contributed by atoms with van der Waals surface area (Å²) in [4.78, 5) is 24.1. The van der Waals surface area contributed by atoms with Crippen LogP contribution in [-0.2, 0) is 14.3 Å². The van der Waals surface area contributed by atoms with E-state index in [1.807, 2.05) is 0 Å². The average Bonchev–Trinajstić information content (AvgIpc) is 3.03. The fraction of sp³-hybridized carbons (Fsp3) is 0.600. The summed E-state index contributed by atoms with van der Waals surface area (Å²) in [6.45, 7) is 9.21. The Bertz CT molecular complexity index is 586.